The van der Waals surface area contributed by atoms with Gasteiger partial charge in [-0.3, -0.25) is 4.79 Å². The van der Waals surface area contributed by atoms with E-state index in [1.54, 1.807) is 12.1 Å². The number of hydrogen-bond acceptors (Lipinski definition) is 1. The van der Waals surface area contributed by atoms with Crippen LogP contribution in [0.2, 0.25) is 0 Å². The first-order valence-electron chi connectivity index (χ1n) is 5.54. The predicted molar refractivity (Wildman–Crippen MR) is 64.5 cm³/mol. The molecule has 0 aliphatic carbocycles. The molecule has 16 heavy (non-hydrogen) atoms. The maximum absolute atomic E-state index is 12.7. The molecule has 0 radical (unpaired) electrons. The lowest BCUT2D eigenvalue weighted by atomic mass is 9.91. The number of Topliss-reactive ketones (excluding diaryl/α,β-unsaturated/α-hetero) is 1. The van der Waals surface area contributed by atoms with Crippen molar-refractivity contribution in [1.29, 1.82) is 0 Å². The summed E-state index contributed by atoms with van der Waals surface area (Å²) in [4.78, 5) is 12.0. The van der Waals surface area contributed by atoms with Crippen LogP contribution in [0.15, 0.2) is 24.3 Å². The fourth-order valence-electron chi connectivity index (χ4n) is 1.69. The Bertz CT molecular complexity index is 334. The van der Waals surface area contributed by atoms with E-state index in [2.05, 4.69) is 0 Å². The highest BCUT2D eigenvalue weighted by Gasteiger charge is 2.17. The van der Waals surface area contributed by atoms with Gasteiger partial charge in [0.25, 0.3) is 0 Å². The Morgan fingerprint density at radius 1 is 1.38 bits per heavy atom. The standard InChI is InChI=1S/C13H16ClFO/c1-2-10(4-3-9-14)13(16)11-5-7-12(15)8-6-11/h5-8,10H,2-4,9H2,1H3. The molecule has 0 fully saturated rings. The van der Waals surface area contributed by atoms with Crippen molar-refractivity contribution in [3.8, 4) is 0 Å². The van der Waals surface area contributed by atoms with Crippen molar-refractivity contribution in [3.05, 3.63) is 35.6 Å². The number of hydrogen-bond donors (Lipinski definition) is 0. The molecule has 1 aromatic rings. The number of rotatable bonds is 6. The SMILES string of the molecule is CCC(CCCCl)C(=O)c1ccc(F)cc1. The van der Waals surface area contributed by atoms with Crippen molar-refractivity contribution in [2.24, 2.45) is 5.92 Å². The Hall–Kier alpha value is -0.890. The lowest BCUT2D eigenvalue weighted by Crippen LogP contribution is -2.14. The molecule has 0 heterocycles. The lowest BCUT2D eigenvalue weighted by molar-refractivity contribution is 0.0909. The summed E-state index contributed by atoms with van der Waals surface area (Å²) in [6, 6.07) is 5.73. The number of benzene rings is 1. The summed E-state index contributed by atoms with van der Waals surface area (Å²) in [7, 11) is 0. The molecule has 0 N–H and O–H groups in total. The highest BCUT2D eigenvalue weighted by atomic mass is 35.5. The molecule has 0 bridgehead atoms. The van der Waals surface area contributed by atoms with Crippen molar-refractivity contribution in [3.63, 3.8) is 0 Å². The second kappa shape index (κ2) is 6.64. The van der Waals surface area contributed by atoms with Gasteiger partial charge in [0.1, 0.15) is 5.82 Å². The molecule has 1 nitrogen and oxygen atoms in total. The minimum absolute atomic E-state index is 0.00390. The van der Waals surface area contributed by atoms with Crippen molar-refractivity contribution in [1.82, 2.24) is 0 Å². The quantitative estimate of drug-likeness (QED) is 0.543. The van der Waals surface area contributed by atoms with Crippen LogP contribution in [0.25, 0.3) is 0 Å². The molecule has 0 aromatic heterocycles. The average Bonchev–Trinajstić information content (AvgIpc) is 2.30. The van der Waals surface area contributed by atoms with Gasteiger partial charge in [-0.1, -0.05) is 6.92 Å². The van der Waals surface area contributed by atoms with Crippen LogP contribution in [0.4, 0.5) is 4.39 Å². The van der Waals surface area contributed by atoms with Gasteiger partial charge in [-0.25, -0.2) is 4.39 Å². The molecule has 0 aliphatic heterocycles. The van der Waals surface area contributed by atoms with Crippen molar-refractivity contribution in [2.45, 2.75) is 26.2 Å². The van der Waals surface area contributed by atoms with Crippen LogP contribution in [-0.2, 0) is 0 Å². The van der Waals surface area contributed by atoms with Crippen LogP contribution >= 0.6 is 11.6 Å². The minimum atomic E-state index is -0.314. The van der Waals surface area contributed by atoms with Crippen molar-refractivity contribution in [2.75, 3.05) is 5.88 Å². The van der Waals surface area contributed by atoms with Crippen LogP contribution < -0.4 is 0 Å². The fraction of sp³-hybridized carbons (Fsp3) is 0.462. The van der Waals surface area contributed by atoms with Gasteiger partial charge in [-0.2, -0.15) is 0 Å². The second-order valence-electron chi connectivity index (χ2n) is 3.81. The summed E-state index contributed by atoms with van der Waals surface area (Å²) in [5.74, 6) is 0.356. The van der Waals surface area contributed by atoms with Gasteiger partial charge in [-0.15, -0.1) is 11.6 Å². The smallest absolute Gasteiger partial charge is 0.165 e. The molecule has 1 rings (SSSR count). The zero-order chi connectivity index (χ0) is 12.0. The molecule has 1 unspecified atom stereocenters. The molecule has 1 aromatic carbocycles. The molecule has 0 saturated carbocycles. The molecular weight excluding hydrogens is 227 g/mol. The Kier molecular flexibility index (Phi) is 5.47. The van der Waals surface area contributed by atoms with E-state index in [4.69, 9.17) is 11.6 Å². The Morgan fingerprint density at radius 2 is 2.00 bits per heavy atom. The monoisotopic (exact) mass is 242 g/mol. The van der Waals surface area contributed by atoms with E-state index < -0.39 is 0 Å². The topological polar surface area (TPSA) is 17.1 Å². The molecule has 0 spiro atoms. The van der Waals surface area contributed by atoms with Crippen molar-refractivity contribution >= 4 is 17.4 Å². The predicted octanol–water partition coefficient (Wildman–Crippen LogP) is 4.05. The van der Waals surface area contributed by atoms with E-state index in [1.807, 2.05) is 6.92 Å². The fourth-order valence-corrected chi connectivity index (χ4v) is 1.85. The van der Waals surface area contributed by atoms with E-state index in [-0.39, 0.29) is 17.5 Å². The molecule has 0 aliphatic rings. The minimum Gasteiger partial charge on any atom is -0.294 e. The van der Waals surface area contributed by atoms with Gasteiger partial charge in [0.15, 0.2) is 5.78 Å². The summed E-state index contributed by atoms with van der Waals surface area (Å²) in [6.45, 7) is 1.99. The normalized spacial score (nSPS) is 12.4. The molecule has 88 valence electrons. The number of alkyl halides is 1. The maximum atomic E-state index is 12.7. The average molecular weight is 243 g/mol. The first-order valence-corrected chi connectivity index (χ1v) is 6.08. The number of carbonyl (C=O) groups excluding carboxylic acids is 1. The third-order valence-electron chi connectivity index (χ3n) is 2.68. The summed E-state index contributed by atoms with van der Waals surface area (Å²) >= 11 is 5.61. The lowest BCUT2D eigenvalue weighted by Gasteiger charge is -2.12. The second-order valence-corrected chi connectivity index (χ2v) is 4.19. The van der Waals surface area contributed by atoms with Crippen LogP contribution in [0.5, 0.6) is 0 Å². The first-order chi connectivity index (χ1) is 7.69. The maximum Gasteiger partial charge on any atom is 0.165 e. The highest BCUT2D eigenvalue weighted by Crippen LogP contribution is 2.18. The Morgan fingerprint density at radius 3 is 2.50 bits per heavy atom. The number of halogens is 2. The summed E-state index contributed by atoms with van der Waals surface area (Å²) in [5, 5.41) is 0. The Labute approximate surface area is 101 Å². The molecule has 0 amide bonds. The highest BCUT2D eigenvalue weighted by molar-refractivity contribution is 6.17. The molecular formula is C13H16ClFO. The van der Waals surface area contributed by atoms with Crippen LogP contribution in [0, 0.1) is 11.7 Å². The zero-order valence-electron chi connectivity index (χ0n) is 9.38. The van der Waals surface area contributed by atoms with E-state index in [1.165, 1.54) is 12.1 Å². The molecule has 1 atom stereocenters. The third-order valence-corrected chi connectivity index (χ3v) is 2.95. The van der Waals surface area contributed by atoms with Gasteiger partial charge < -0.3 is 0 Å². The third kappa shape index (κ3) is 3.60. The number of carbonyl (C=O) groups is 1. The van der Waals surface area contributed by atoms with E-state index >= 15 is 0 Å². The van der Waals surface area contributed by atoms with Gasteiger partial charge in [-0.05, 0) is 43.5 Å². The van der Waals surface area contributed by atoms with Gasteiger partial charge in [0.05, 0.1) is 0 Å². The molecule has 0 saturated heterocycles. The van der Waals surface area contributed by atoms with Crippen LogP contribution in [0.1, 0.15) is 36.5 Å². The van der Waals surface area contributed by atoms with Crippen LogP contribution in [-0.4, -0.2) is 11.7 Å². The zero-order valence-corrected chi connectivity index (χ0v) is 10.1. The van der Waals surface area contributed by atoms with E-state index in [0.29, 0.717) is 11.4 Å². The largest absolute Gasteiger partial charge is 0.294 e. The van der Waals surface area contributed by atoms with E-state index in [0.717, 1.165) is 19.3 Å². The first kappa shape index (κ1) is 13.2. The molecule has 3 heteroatoms. The Balaban J connectivity index is 2.70. The number of ketones is 1. The van der Waals surface area contributed by atoms with Gasteiger partial charge in [0, 0.05) is 17.4 Å². The van der Waals surface area contributed by atoms with E-state index in [9.17, 15) is 9.18 Å². The van der Waals surface area contributed by atoms with Gasteiger partial charge in [0.2, 0.25) is 0 Å². The summed E-state index contributed by atoms with van der Waals surface area (Å²) in [5.41, 5.74) is 0.586. The van der Waals surface area contributed by atoms with Crippen LogP contribution in [0.3, 0.4) is 0 Å². The summed E-state index contributed by atoms with van der Waals surface area (Å²) < 4.78 is 12.7. The van der Waals surface area contributed by atoms with Gasteiger partial charge >= 0.3 is 0 Å². The van der Waals surface area contributed by atoms with Crippen molar-refractivity contribution < 1.29 is 9.18 Å². The summed E-state index contributed by atoms with van der Waals surface area (Å²) in [6.07, 6.45) is 2.44.